The van der Waals surface area contributed by atoms with Crippen LogP contribution in [0, 0.1) is 20.8 Å². The molecule has 1 unspecified atom stereocenters. The van der Waals surface area contributed by atoms with Crippen molar-refractivity contribution in [1.82, 2.24) is 5.32 Å². The van der Waals surface area contributed by atoms with Crippen molar-refractivity contribution < 1.29 is 0 Å². The average Bonchev–Trinajstić information content (AvgIpc) is 2.37. The lowest BCUT2D eigenvalue weighted by Crippen LogP contribution is -2.19. The summed E-state index contributed by atoms with van der Waals surface area (Å²) in [4.78, 5) is 0. The third kappa shape index (κ3) is 2.83. The van der Waals surface area contributed by atoms with E-state index in [1.165, 1.54) is 22.3 Å². The Balaban J connectivity index is 2.53. The van der Waals surface area contributed by atoms with Gasteiger partial charge in [-0.3, -0.25) is 0 Å². The molecule has 1 nitrogen and oxygen atoms in total. The molecule has 0 amide bonds. The molecule has 0 spiro atoms. The van der Waals surface area contributed by atoms with Crippen molar-refractivity contribution >= 4 is 11.6 Å². The Morgan fingerprint density at radius 2 is 1.58 bits per heavy atom. The van der Waals surface area contributed by atoms with E-state index >= 15 is 0 Å². The molecule has 0 fully saturated rings. The molecule has 1 N–H and O–H groups in total. The molecule has 0 aliphatic carbocycles. The number of hydrogen-bond acceptors (Lipinski definition) is 1. The average molecular weight is 274 g/mol. The van der Waals surface area contributed by atoms with Crippen molar-refractivity contribution in [2.45, 2.75) is 26.8 Å². The van der Waals surface area contributed by atoms with Crippen molar-refractivity contribution in [2.75, 3.05) is 7.05 Å². The molecule has 2 rings (SSSR count). The van der Waals surface area contributed by atoms with E-state index in [9.17, 15) is 0 Å². The van der Waals surface area contributed by atoms with E-state index in [1.54, 1.807) is 0 Å². The van der Waals surface area contributed by atoms with E-state index in [0.29, 0.717) is 0 Å². The Hall–Kier alpha value is -1.31. The van der Waals surface area contributed by atoms with Gasteiger partial charge in [-0.1, -0.05) is 41.9 Å². The third-order valence-corrected chi connectivity index (χ3v) is 4.06. The smallest absolute Gasteiger partial charge is 0.0580 e. The summed E-state index contributed by atoms with van der Waals surface area (Å²) in [6, 6.07) is 12.9. The van der Waals surface area contributed by atoms with E-state index in [4.69, 9.17) is 11.6 Å². The number of hydrogen-bond donors (Lipinski definition) is 1. The van der Waals surface area contributed by atoms with Crippen molar-refractivity contribution in [2.24, 2.45) is 0 Å². The van der Waals surface area contributed by atoms with E-state index in [1.807, 2.05) is 14.0 Å². The zero-order chi connectivity index (χ0) is 14.0. The molecule has 0 aromatic heterocycles. The molecule has 19 heavy (non-hydrogen) atoms. The van der Waals surface area contributed by atoms with Crippen LogP contribution in [0.25, 0.3) is 0 Å². The minimum absolute atomic E-state index is 0.180. The second-order valence-corrected chi connectivity index (χ2v) is 5.44. The van der Waals surface area contributed by atoms with E-state index in [0.717, 1.165) is 10.6 Å². The number of aryl methyl sites for hydroxylation is 3. The van der Waals surface area contributed by atoms with Crippen LogP contribution in [0.15, 0.2) is 36.4 Å². The molecular formula is C17H20ClN. The predicted octanol–water partition coefficient (Wildman–Crippen LogP) is 4.57. The van der Waals surface area contributed by atoms with Crippen LogP contribution in [0.1, 0.15) is 33.9 Å². The third-order valence-electron chi connectivity index (χ3n) is 3.65. The minimum atomic E-state index is 0.180. The number of rotatable bonds is 3. The molecular weight excluding hydrogens is 254 g/mol. The van der Waals surface area contributed by atoms with Crippen molar-refractivity contribution in [1.29, 1.82) is 0 Å². The lowest BCUT2D eigenvalue weighted by Gasteiger charge is -2.22. The van der Waals surface area contributed by atoms with Crippen LogP contribution in [0.4, 0.5) is 0 Å². The first-order valence-electron chi connectivity index (χ1n) is 6.54. The Morgan fingerprint density at radius 3 is 2.11 bits per heavy atom. The summed E-state index contributed by atoms with van der Waals surface area (Å²) < 4.78 is 0. The minimum Gasteiger partial charge on any atom is -0.309 e. The zero-order valence-electron chi connectivity index (χ0n) is 11.9. The molecule has 0 saturated carbocycles. The highest BCUT2D eigenvalue weighted by molar-refractivity contribution is 6.31. The maximum absolute atomic E-state index is 6.25. The van der Waals surface area contributed by atoms with Gasteiger partial charge in [-0.15, -0.1) is 0 Å². The standard InChI is InChI=1S/C17H20ClN/c1-11-8-9-14(10-15(11)18)17(19-4)16-12(2)6-5-7-13(16)3/h5-10,17,19H,1-4H3. The SMILES string of the molecule is CNC(c1ccc(C)c(Cl)c1)c1c(C)cccc1C. The summed E-state index contributed by atoms with van der Waals surface area (Å²) in [5, 5.41) is 4.23. The van der Waals surface area contributed by atoms with Crippen LogP contribution in [0.2, 0.25) is 5.02 Å². The molecule has 2 heteroatoms. The maximum atomic E-state index is 6.25. The molecule has 1 atom stereocenters. The highest BCUT2D eigenvalue weighted by Gasteiger charge is 2.16. The summed E-state index contributed by atoms with van der Waals surface area (Å²) >= 11 is 6.25. The van der Waals surface area contributed by atoms with Gasteiger partial charge >= 0.3 is 0 Å². The normalized spacial score (nSPS) is 12.5. The highest BCUT2D eigenvalue weighted by Crippen LogP contribution is 2.29. The topological polar surface area (TPSA) is 12.0 Å². The number of benzene rings is 2. The fourth-order valence-corrected chi connectivity index (χ4v) is 2.74. The lowest BCUT2D eigenvalue weighted by atomic mass is 9.91. The van der Waals surface area contributed by atoms with E-state index in [2.05, 4.69) is 55.6 Å². The van der Waals surface area contributed by atoms with Gasteiger partial charge in [-0.2, -0.15) is 0 Å². The Morgan fingerprint density at radius 1 is 0.947 bits per heavy atom. The second kappa shape index (κ2) is 5.77. The number of halogens is 1. The Labute approximate surface area is 120 Å². The van der Waals surface area contributed by atoms with Crippen LogP contribution in [-0.2, 0) is 0 Å². The zero-order valence-corrected chi connectivity index (χ0v) is 12.7. The fraction of sp³-hybridized carbons (Fsp3) is 0.294. The fourth-order valence-electron chi connectivity index (χ4n) is 2.55. The van der Waals surface area contributed by atoms with Crippen LogP contribution in [-0.4, -0.2) is 7.05 Å². The molecule has 2 aromatic carbocycles. The van der Waals surface area contributed by atoms with Gasteiger partial charge in [0.15, 0.2) is 0 Å². The van der Waals surface area contributed by atoms with Gasteiger partial charge in [-0.05, 0) is 61.7 Å². The Bertz CT molecular complexity index is 570. The quantitative estimate of drug-likeness (QED) is 0.863. The summed E-state index contributed by atoms with van der Waals surface area (Å²) in [6.07, 6.45) is 0. The van der Waals surface area contributed by atoms with Gasteiger partial charge < -0.3 is 5.32 Å². The molecule has 0 bridgehead atoms. The van der Waals surface area contributed by atoms with Gasteiger partial charge in [-0.25, -0.2) is 0 Å². The van der Waals surface area contributed by atoms with Gasteiger partial charge in [0.25, 0.3) is 0 Å². The summed E-state index contributed by atoms with van der Waals surface area (Å²) in [7, 11) is 1.99. The van der Waals surface area contributed by atoms with Gasteiger partial charge in [0.05, 0.1) is 6.04 Å². The molecule has 0 radical (unpaired) electrons. The van der Waals surface area contributed by atoms with E-state index in [-0.39, 0.29) is 6.04 Å². The Kier molecular flexibility index (Phi) is 4.28. The van der Waals surface area contributed by atoms with Gasteiger partial charge in [0, 0.05) is 5.02 Å². The molecule has 0 aliphatic heterocycles. The molecule has 0 aliphatic rings. The highest BCUT2D eigenvalue weighted by atomic mass is 35.5. The predicted molar refractivity (Wildman–Crippen MR) is 83.0 cm³/mol. The molecule has 2 aromatic rings. The summed E-state index contributed by atoms with van der Waals surface area (Å²) in [5.74, 6) is 0. The summed E-state index contributed by atoms with van der Waals surface area (Å²) in [6.45, 7) is 6.34. The van der Waals surface area contributed by atoms with Crippen molar-refractivity contribution in [3.8, 4) is 0 Å². The first kappa shape index (κ1) is 14.1. The van der Waals surface area contributed by atoms with E-state index < -0.39 is 0 Å². The molecule has 0 saturated heterocycles. The molecule has 0 heterocycles. The largest absolute Gasteiger partial charge is 0.309 e. The van der Waals surface area contributed by atoms with Crippen molar-refractivity contribution in [3.05, 3.63) is 69.2 Å². The van der Waals surface area contributed by atoms with Crippen molar-refractivity contribution in [3.63, 3.8) is 0 Å². The first-order valence-corrected chi connectivity index (χ1v) is 6.92. The monoisotopic (exact) mass is 273 g/mol. The molecule has 100 valence electrons. The lowest BCUT2D eigenvalue weighted by molar-refractivity contribution is 0.683. The van der Waals surface area contributed by atoms with Crippen LogP contribution in [0.5, 0.6) is 0 Å². The number of nitrogens with one attached hydrogen (secondary N) is 1. The summed E-state index contributed by atoms with van der Waals surface area (Å²) in [5.41, 5.74) is 6.26. The maximum Gasteiger partial charge on any atom is 0.0580 e. The van der Waals surface area contributed by atoms with Crippen LogP contribution < -0.4 is 5.32 Å². The first-order chi connectivity index (χ1) is 9.04. The van der Waals surface area contributed by atoms with Crippen LogP contribution >= 0.6 is 11.6 Å². The van der Waals surface area contributed by atoms with Gasteiger partial charge in [0.1, 0.15) is 0 Å². The second-order valence-electron chi connectivity index (χ2n) is 5.04. The van der Waals surface area contributed by atoms with Crippen LogP contribution in [0.3, 0.4) is 0 Å². The van der Waals surface area contributed by atoms with Gasteiger partial charge in [0.2, 0.25) is 0 Å².